The molecule has 1 atom stereocenters. The number of ketones is 1. The zero-order valence-electron chi connectivity index (χ0n) is 18.2. The molecule has 2 aromatic heterocycles. The Balaban J connectivity index is 1.80. The molecule has 0 bridgehead atoms. The van der Waals surface area contributed by atoms with Crippen LogP contribution in [0.1, 0.15) is 47.9 Å². The predicted octanol–water partition coefficient (Wildman–Crippen LogP) is 3.72. The van der Waals surface area contributed by atoms with E-state index in [-0.39, 0.29) is 12.1 Å². The van der Waals surface area contributed by atoms with Crippen molar-refractivity contribution >= 4 is 29.0 Å². The van der Waals surface area contributed by atoms with Crippen molar-refractivity contribution in [2.24, 2.45) is 0 Å². The number of ether oxygens (including phenoxy) is 1. The normalized spacial score (nSPS) is 15.8. The van der Waals surface area contributed by atoms with Crippen LogP contribution in [0.2, 0.25) is 0 Å². The molecule has 3 heterocycles. The lowest BCUT2D eigenvalue weighted by Gasteiger charge is -2.27. The van der Waals surface area contributed by atoms with Gasteiger partial charge in [0.15, 0.2) is 5.76 Å². The van der Waals surface area contributed by atoms with Crippen molar-refractivity contribution in [1.82, 2.24) is 14.9 Å². The molecule has 168 valence electrons. The van der Waals surface area contributed by atoms with Crippen molar-refractivity contribution in [2.45, 2.75) is 26.4 Å². The fourth-order valence-corrected chi connectivity index (χ4v) is 4.74. The largest absolute Gasteiger partial charge is 0.503 e. The van der Waals surface area contributed by atoms with Gasteiger partial charge in [-0.05, 0) is 43.2 Å². The maximum absolute atomic E-state index is 13.5. The molecule has 0 fully saturated rings. The molecule has 1 aromatic carbocycles. The van der Waals surface area contributed by atoms with Gasteiger partial charge in [-0.2, -0.15) is 0 Å². The molecule has 1 N–H and O–H groups in total. The van der Waals surface area contributed by atoms with Crippen LogP contribution in [0.3, 0.4) is 0 Å². The molecule has 1 aliphatic heterocycles. The van der Waals surface area contributed by atoms with E-state index in [1.807, 2.05) is 6.07 Å². The van der Waals surface area contributed by atoms with Crippen molar-refractivity contribution < 1.29 is 24.2 Å². The number of hydrogen-bond donors (Lipinski definition) is 1. The number of esters is 1. The number of carbonyl (C=O) groups is 3. The van der Waals surface area contributed by atoms with Gasteiger partial charge in [0.2, 0.25) is 5.78 Å². The van der Waals surface area contributed by atoms with Crippen molar-refractivity contribution in [1.29, 1.82) is 0 Å². The number of hydrogen-bond acceptors (Lipinski definition) is 8. The second-order valence-corrected chi connectivity index (χ2v) is 8.75. The summed E-state index contributed by atoms with van der Waals surface area (Å²) >= 11 is 1.22. The highest BCUT2D eigenvalue weighted by Crippen LogP contribution is 2.41. The Labute approximate surface area is 194 Å². The van der Waals surface area contributed by atoms with Gasteiger partial charge in [0.05, 0.1) is 39.9 Å². The first-order valence-corrected chi connectivity index (χ1v) is 10.9. The average molecular weight is 464 g/mol. The quantitative estimate of drug-likeness (QED) is 0.438. The van der Waals surface area contributed by atoms with E-state index in [9.17, 15) is 19.5 Å². The lowest BCUT2D eigenvalue weighted by molar-refractivity contribution is -0.130. The van der Waals surface area contributed by atoms with E-state index < -0.39 is 29.5 Å². The minimum atomic E-state index is -0.848. The van der Waals surface area contributed by atoms with Gasteiger partial charge in [0.25, 0.3) is 5.91 Å². The number of aliphatic hydroxyl groups is 1. The fourth-order valence-electron chi connectivity index (χ4n) is 3.87. The number of rotatable bonds is 6. The van der Waals surface area contributed by atoms with Gasteiger partial charge in [-0.3, -0.25) is 14.6 Å². The van der Waals surface area contributed by atoms with Crippen LogP contribution >= 0.6 is 11.3 Å². The number of thiazole rings is 1. The number of aryl methyl sites for hydroxylation is 2. The number of carbonyl (C=O) groups excluding carboxylic acids is 3. The van der Waals surface area contributed by atoms with Crippen molar-refractivity contribution in [3.8, 4) is 0 Å². The Hall–Kier alpha value is -3.85. The third kappa shape index (κ3) is 4.14. The molecule has 4 rings (SSSR count). The van der Waals surface area contributed by atoms with Crippen LogP contribution in [0.15, 0.2) is 60.1 Å². The van der Waals surface area contributed by atoms with E-state index in [1.54, 1.807) is 56.6 Å². The predicted molar refractivity (Wildman–Crippen MR) is 121 cm³/mol. The monoisotopic (exact) mass is 463 g/mol. The molecule has 33 heavy (non-hydrogen) atoms. The van der Waals surface area contributed by atoms with E-state index in [2.05, 4.69) is 9.97 Å². The summed E-state index contributed by atoms with van der Waals surface area (Å²) < 4.78 is 4.75. The molecule has 0 aliphatic carbocycles. The molecule has 0 spiro atoms. The van der Waals surface area contributed by atoms with Crippen LogP contribution in [0.25, 0.3) is 0 Å². The van der Waals surface area contributed by atoms with Crippen LogP contribution in [-0.4, -0.2) is 44.7 Å². The standard InChI is InChI=1S/C24H21N3O5S/c1-13-22(33-14(2)26-13)20(28)18-19(16-6-8-17(9-7-16)24(31)32-3)27(23(30)21(18)29)12-15-5-4-10-25-11-15/h4-11,19,29H,12H2,1-3H3/t19-/m1/s1. The fraction of sp³-hybridized carbons (Fsp3) is 0.208. The van der Waals surface area contributed by atoms with Gasteiger partial charge < -0.3 is 14.7 Å². The van der Waals surface area contributed by atoms with E-state index >= 15 is 0 Å². The lowest BCUT2D eigenvalue weighted by atomic mass is 9.94. The number of Topliss-reactive ketones (excluding diaryl/α,β-unsaturated/α-hetero) is 1. The van der Waals surface area contributed by atoms with Gasteiger partial charge in [0, 0.05) is 18.9 Å². The number of amides is 1. The molecular weight excluding hydrogens is 442 g/mol. The smallest absolute Gasteiger partial charge is 0.337 e. The Bertz CT molecular complexity index is 1270. The van der Waals surface area contributed by atoms with Crippen molar-refractivity contribution in [2.75, 3.05) is 7.11 Å². The third-order valence-electron chi connectivity index (χ3n) is 5.38. The summed E-state index contributed by atoms with van der Waals surface area (Å²) in [6.07, 6.45) is 3.25. The van der Waals surface area contributed by atoms with E-state index in [1.165, 1.54) is 23.3 Å². The number of methoxy groups -OCH3 is 1. The summed E-state index contributed by atoms with van der Waals surface area (Å²) in [5.74, 6) is -2.18. The summed E-state index contributed by atoms with van der Waals surface area (Å²) in [4.78, 5) is 48.7. The van der Waals surface area contributed by atoms with Gasteiger partial charge in [-0.25, -0.2) is 9.78 Å². The van der Waals surface area contributed by atoms with E-state index in [4.69, 9.17) is 4.74 Å². The molecule has 0 saturated heterocycles. The van der Waals surface area contributed by atoms with E-state index in [0.29, 0.717) is 26.7 Å². The third-order valence-corrected chi connectivity index (χ3v) is 6.45. The molecule has 3 aromatic rings. The first kappa shape index (κ1) is 22.3. The number of nitrogens with zero attached hydrogens (tertiary/aromatic N) is 3. The summed E-state index contributed by atoms with van der Waals surface area (Å²) in [5.41, 5.74) is 2.18. The van der Waals surface area contributed by atoms with Gasteiger partial charge in [-0.15, -0.1) is 11.3 Å². The maximum atomic E-state index is 13.5. The summed E-state index contributed by atoms with van der Waals surface area (Å²) in [7, 11) is 1.29. The second-order valence-electron chi connectivity index (χ2n) is 7.55. The van der Waals surface area contributed by atoms with Crippen LogP contribution in [0.4, 0.5) is 0 Å². The highest BCUT2D eigenvalue weighted by molar-refractivity contribution is 7.14. The molecule has 0 saturated carbocycles. The topological polar surface area (TPSA) is 110 Å². The first-order chi connectivity index (χ1) is 15.8. The summed E-state index contributed by atoms with van der Waals surface area (Å²) in [5, 5.41) is 11.5. The molecule has 0 unspecified atom stereocenters. The zero-order chi connectivity index (χ0) is 23.7. The van der Waals surface area contributed by atoms with Crippen LogP contribution in [0, 0.1) is 13.8 Å². The number of aliphatic hydroxyl groups excluding tert-OH is 1. The first-order valence-electron chi connectivity index (χ1n) is 10.1. The minimum absolute atomic E-state index is 0.0125. The van der Waals surface area contributed by atoms with Crippen molar-refractivity contribution in [3.05, 3.63) is 92.4 Å². The Morgan fingerprint density at radius 3 is 2.48 bits per heavy atom. The molecule has 1 amide bonds. The second kappa shape index (κ2) is 8.95. The van der Waals surface area contributed by atoms with Gasteiger partial charge in [-0.1, -0.05) is 18.2 Å². The molecule has 9 heteroatoms. The van der Waals surface area contributed by atoms with Crippen LogP contribution < -0.4 is 0 Å². The van der Waals surface area contributed by atoms with Gasteiger partial charge in [0.1, 0.15) is 0 Å². The summed E-state index contributed by atoms with van der Waals surface area (Å²) in [6, 6.07) is 9.14. The zero-order valence-corrected chi connectivity index (χ0v) is 19.0. The molecular formula is C24H21N3O5S. The van der Waals surface area contributed by atoms with E-state index in [0.717, 1.165) is 5.56 Å². The van der Waals surface area contributed by atoms with Gasteiger partial charge >= 0.3 is 5.97 Å². The molecule has 0 radical (unpaired) electrons. The van der Waals surface area contributed by atoms with Crippen LogP contribution in [-0.2, 0) is 16.1 Å². The van der Waals surface area contributed by atoms with Crippen LogP contribution in [0.5, 0.6) is 0 Å². The Morgan fingerprint density at radius 2 is 1.91 bits per heavy atom. The average Bonchev–Trinajstić information content (AvgIpc) is 3.29. The summed E-state index contributed by atoms with van der Waals surface area (Å²) in [6.45, 7) is 3.65. The minimum Gasteiger partial charge on any atom is -0.503 e. The highest BCUT2D eigenvalue weighted by atomic mass is 32.1. The SMILES string of the molecule is COC(=O)c1ccc([C@@H]2C(C(=O)c3sc(C)nc3C)=C(O)C(=O)N2Cc2cccnc2)cc1. The molecule has 8 nitrogen and oxygen atoms in total. The number of aromatic nitrogens is 2. The lowest BCUT2D eigenvalue weighted by Crippen LogP contribution is -2.30. The maximum Gasteiger partial charge on any atom is 0.337 e. The Morgan fingerprint density at radius 1 is 1.18 bits per heavy atom. The number of pyridine rings is 1. The highest BCUT2D eigenvalue weighted by Gasteiger charge is 2.44. The van der Waals surface area contributed by atoms with Crippen molar-refractivity contribution in [3.63, 3.8) is 0 Å². The number of benzene rings is 1. The molecule has 1 aliphatic rings. The Kier molecular flexibility index (Phi) is 6.06.